The number of nitrogens with two attached hydrogens (primary N) is 1. The number of rotatable bonds is 1. The molecule has 2 atom stereocenters. The van der Waals surface area contributed by atoms with Gasteiger partial charge in [-0.15, -0.1) is 0 Å². The van der Waals surface area contributed by atoms with Crippen molar-refractivity contribution in [1.82, 2.24) is 0 Å². The summed E-state index contributed by atoms with van der Waals surface area (Å²) in [6.45, 7) is 2.14. The first-order chi connectivity index (χ1) is 6.04. The summed E-state index contributed by atoms with van der Waals surface area (Å²) in [6.07, 6.45) is 4.34. The maximum atomic E-state index is 11.0. The summed E-state index contributed by atoms with van der Waals surface area (Å²) in [5.74, 6) is -0.634. The molecule has 74 valence electrons. The fourth-order valence-electron chi connectivity index (χ4n) is 3.07. The van der Waals surface area contributed by atoms with E-state index in [1.807, 2.05) is 0 Å². The molecule has 0 aromatic carbocycles. The monoisotopic (exact) mass is 183 g/mol. The van der Waals surface area contributed by atoms with Crippen LogP contribution < -0.4 is 5.73 Å². The van der Waals surface area contributed by atoms with E-state index in [-0.39, 0.29) is 17.4 Å². The van der Waals surface area contributed by atoms with Gasteiger partial charge in [0.25, 0.3) is 0 Å². The molecule has 0 aromatic rings. The molecule has 0 aliphatic heterocycles. The zero-order valence-electron chi connectivity index (χ0n) is 7.99. The largest absolute Gasteiger partial charge is 0.481 e. The Hall–Kier alpha value is -0.570. The number of fused-ring (bicyclic) bond motifs is 3. The maximum absolute atomic E-state index is 11.0. The van der Waals surface area contributed by atoms with Crippen LogP contribution in [0.1, 0.15) is 32.6 Å². The lowest BCUT2D eigenvalue weighted by Crippen LogP contribution is -2.57. The van der Waals surface area contributed by atoms with Crippen molar-refractivity contribution >= 4 is 5.97 Å². The van der Waals surface area contributed by atoms with Crippen molar-refractivity contribution in [2.75, 3.05) is 0 Å². The van der Waals surface area contributed by atoms with Crippen molar-refractivity contribution in [2.24, 2.45) is 23.0 Å². The zero-order valence-corrected chi connectivity index (χ0v) is 7.99. The molecular weight excluding hydrogens is 166 g/mol. The minimum absolute atomic E-state index is 0.0950. The molecule has 3 N–H and O–H groups in total. The van der Waals surface area contributed by atoms with Crippen LogP contribution in [-0.4, -0.2) is 17.1 Å². The molecule has 0 aromatic heterocycles. The molecule has 3 fully saturated rings. The van der Waals surface area contributed by atoms with Gasteiger partial charge < -0.3 is 10.8 Å². The third-order valence-corrected chi connectivity index (χ3v) is 4.16. The van der Waals surface area contributed by atoms with Crippen molar-refractivity contribution in [2.45, 2.75) is 38.6 Å². The van der Waals surface area contributed by atoms with E-state index in [1.54, 1.807) is 0 Å². The molecule has 13 heavy (non-hydrogen) atoms. The highest BCUT2D eigenvalue weighted by Gasteiger charge is 2.51. The Morgan fingerprint density at radius 3 is 2.38 bits per heavy atom. The van der Waals surface area contributed by atoms with Gasteiger partial charge in [0, 0.05) is 6.04 Å². The van der Waals surface area contributed by atoms with Crippen LogP contribution >= 0.6 is 0 Å². The topological polar surface area (TPSA) is 63.3 Å². The quantitative estimate of drug-likeness (QED) is 0.642. The van der Waals surface area contributed by atoms with Crippen molar-refractivity contribution in [1.29, 1.82) is 0 Å². The van der Waals surface area contributed by atoms with Crippen LogP contribution in [0.3, 0.4) is 0 Å². The lowest BCUT2D eigenvalue weighted by atomic mass is 9.54. The average Bonchev–Trinajstić information content (AvgIpc) is 2.07. The first kappa shape index (κ1) is 9.00. The van der Waals surface area contributed by atoms with Gasteiger partial charge in [0.15, 0.2) is 0 Å². The van der Waals surface area contributed by atoms with Gasteiger partial charge in [-0.3, -0.25) is 4.79 Å². The molecule has 3 nitrogen and oxygen atoms in total. The van der Waals surface area contributed by atoms with Gasteiger partial charge in [-0.25, -0.2) is 0 Å². The number of carbonyl (C=O) groups is 1. The SMILES string of the molecule is CC12CCC(CC1)[C@H](C(=O)O)[C@@H]2N. The van der Waals surface area contributed by atoms with E-state index < -0.39 is 5.97 Å². The lowest BCUT2D eigenvalue weighted by Gasteiger charge is -2.52. The van der Waals surface area contributed by atoms with Gasteiger partial charge in [0.05, 0.1) is 5.92 Å². The molecule has 0 unspecified atom stereocenters. The van der Waals surface area contributed by atoms with E-state index in [2.05, 4.69) is 6.92 Å². The minimum Gasteiger partial charge on any atom is -0.481 e. The average molecular weight is 183 g/mol. The lowest BCUT2D eigenvalue weighted by molar-refractivity contribution is -0.152. The van der Waals surface area contributed by atoms with E-state index >= 15 is 0 Å². The number of hydrogen-bond donors (Lipinski definition) is 2. The summed E-state index contributed by atoms with van der Waals surface area (Å²) in [5, 5.41) is 9.07. The summed E-state index contributed by atoms with van der Waals surface area (Å²) >= 11 is 0. The van der Waals surface area contributed by atoms with Crippen LogP contribution in [0.5, 0.6) is 0 Å². The van der Waals surface area contributed by atoms with Crippen LogP contribution in [0, 0.1) is 17.3 Å². The molecule has 3 saturated carbocycles. The fourth-order valence-corrected chi connectivity index (χ4v) is 3.07. The first-order valence-corrected chi connectivity index (χ1v) is 5.03. The van der Waals surface area contributed by atoms with Crippen LogP contribution in [0.2, 0.25) is 0 Å². The third-order valence-electron chi connectivity index (χ3n) is 4.16. The molecule has 3 aliphatic carbocycles. The maximum Gasteiger partial charge on any atom is 0.308 e. The second-order valence-electron chi connectivity index (χ2n) is 4.88. The van der Waals surface area contributed by atoms with E-state index in [0.29, 0.717) is 5.92 Å². The highest BCUT2D eigenvalue weighted by Crippen LogP contribution is 2.51. The van der Waals surface area contributed by atoms with Crippen molar-refractivity contribution in [3.63, 3.8) is 0 Å². The smallest absolute Gasteiger partial charge is 0.308 e. The summed E-state index contributed by atoms with van der Waals surface area (Å²) in [7, 11) is 0. The predicted molar refractivity (Wildman–Crippen MR) is 49.2 cm³/mol. The number of aliphatic carboxylic acids is 1. The minimum atomic E-state index is -0.692. The Kier molecular flexibility index (Phi) is 1.88. The second kappa shape index (κ2) is 2.71. The summed E-state index contributed by atoms with van der Waals surface area (Å²) in [6, 6.07) is -0.127. The molecule has 0 heterocycles. The van der Waals surface area contributed by atoms with Crippen LogP contribution in [0.25, 0.3) is 0 Å². The van der Waals surface area contributed by atoms with Crippen LogP contribution in [0.4, 0.5) is 0 Å². The van der Waals surface area contributed by atoms with Crippen molar-refractivity contribution in [3.8, 4) is 0 Å². The molecule has 3 heteroatoms. The van der Waals surface area contributed by atoms with Gasteiger partial charge >= 0.3 is 5.97 Å². The normalized spacial score (nSPS) is 49.2. The molecule has 0 spiro atoms. The number of carboxylic acid groups (broad SMARTS) is 1. The van der Waals surface area contributed by atoms with Gasteiger partial charge in [-0.2, -0.15) is 0 Å². The fraction of sp³-hybridized carbons (Fsp3) is 0.900. The van der Waals surface area contributed by atoms with Gasteiger partial charge in [0.2, 0.25) is 0 Å². The molecular formula is C10H17NO2. The van der Waals surface area contributed by atoms with Crippen molar-refractivity contribution in [3.05, 3.63) is 0 Å². The molecule has 0 saturated heterocycles. The standard InChI is InChI=1S/C10H17NO2/c1-10-4-2-6(3-5-10)7(8(10)11)9(12)13/h6-8H,2-5,11H2,1H3,(H,12,13)/t6?,7-,8-,10?/m0/s1. The Morgan fingerprint density at radius 1 is 1.46 bits per heavy atom. The van der Waals surface area contributed by atoms with Crippen LogP contribution in [0.15, 0.2) is 0 Å². The van der Waals surface area contributed by atoms with Gasteiger partial charge in [-0.1, -0.05) is 6.92 Å². The molecule has 2 bridgehead atoms. The summed E-state index contributed by atoms with van der Waals surface area (Å²) in [4.78, 5) is 11.0. The van der Waals surface area contributed by atoms with Gasteiger partial charge in [0.1, 0.15) is 0 Å². The van der Waals surface area contributed by atoms with E-state index in [1.165, 1.54) is 0 Å². The van der Waals surface area contributed by atoms with E-state index in [4.69, 9.17) is 10.8 Å². The van der Waals surface area contributed by atoms with E-state index in [9.17, 15) is 4.79 Å². The summed E-state index contributed by atoms with van der Waals surface area (Å²) in [5.41, 5.74) is 6.11. The van der Waals surface area contributed by atoms with Gasteiger partial charge in [-0.05, 0) is 37.0 Å². The summed E-state index contributed by atoms with van der Waals surface area (Å²) < 4.78 is 0. The molecule has 0 radical (unpaired) electrons. The van der Waals surface area contributed by atoms with Crippen molar-refractivity contribution < 1.29 is 9.90 Å². The number of hydrogen-bond acceptors (Lipinski definition) is 2. The molecule has 0 amide bonds. The third kappa shape index (κ3) is 1.17. The van der Waals surface area contributed by atoms with E-state index in [0.717, 1.165) is 25.7 Å². The Bertz CT molecular complexity index is 231. The molecule has 3 rings (SSSR count). The highest BCUT2D eigenvalue weighted by atomic mass is 16.4. The number of carboxylic acids is 1. The Balaban J connectivity index is 2.26. The molecule has 3 aliphatic rings. The Labute approximate surface area is 78.3 Å². The highest BCUT2D eigenvalue weighted by molar-refractivity contribution is 5.72. The second-order valence-corrected chi connectivity index (χ2v) is 4.88. The predicted octanol–water partition coefficient (Wildman–Crippen LogP) is 1.22. The zero-order chi connectivity index (χ0) is 9.64. The van der Waals surface area contributed by atoms with Crippen LogP contribution in [-0.2, 0) is 4.79 Å². The first-order valence-electron chi connectivity index (χ1n) is 5.03. The Morgan fingerprint density at radius 2 is 2.00 bits per heavy atom.